The Labute approximate surface area is 132 Å². The van der Waals surface area contributed by atoms with E-state index < -0.39 is 0 Å². The van der Waals surface area contributed by atoms with E-state index in [4.69, 9.17) is 16.3 Å². The number of benzene rings is 2. The molecule has 0 unspecified atom stereocenters. The third-order valence-electron chi connectivity index (χ3n) is 3.47. The van der Waals surface area contributed by atoms with Crippen LogP contribution in [0.25, 0.3) is 10.9 Å². The minimum atomic E-state index is -0.114. The minimum absolute atomic E-state index is 0.114. The molecule has 4 nitrogen and oxygen atoms in total. The summed E-state index contributed by atoms with van der Waals surface area (Å²) in [6.45, 7) is 0.395. The largest absolute Gasteiger partial charge is 0.497 e. The molecule has 2 aromatic carbocycles. The van der Waals surface area contributed by atoms with Crippen molar-refractivity contribution in [3.8, 4) is 5.75 Å². The molecule has 22 heavy (non-hydrogen) atoms. The molecule has 0 aliphatic heterocycles. The van der Waals surface area contributed by atoms with E-state index in [0.29, 0.717) is 17.1 Å². The van der Waals surface area contributed by atoms with Crippen molar-refractivity contribution in [2.45, 2.75) is 6.54 Å². The summed E-state index contributed by atoms with van der Waals surface area (Å²) in [5.74, 6) is 0.754. The molecule has 0 amide bonds. The van der Waals surface area contributed by atoms with E-state index in [9.17, 15) is 4.79 Å². The second kappa shape index (κ2) is 6.12. The van der Waals surface area contributed by atoms with Gasteiger partial charge in [0.05, 0.1) is 17.8 Å². The van der Waals surface area contributed by atoms with Gasteiger partial charge in [0.25, 0.3) is 5.56 Å². The first-order valence-electron chi connectivity index (χ1n) is 6.86. The Morgan fingerprint density at radius 3 is 2.77 bits per heavy atom. The average Bonchev–Trinajstić information content (AvgIpc) is 2.54. The van der Waals surface area contributed by atoms with Crippen molar-refractivity contribution in [2.24, 2.45) is 0 Å². The van der Waals surface area contributed by atoms with Crippen molar-refractivity contribution in [3.05, 3.63) is 69.5 Å². The summed E-state index contributed by atoms with van der Waals surface area (Å²) in [6, 6.07) is 14.8. The van der Waals surface area contributed by atoms with E-state index in [0.717, 1.165) is 22.3 Å². The molecule has 0 fully saturated rings. The monoisotopic (exact) mass is 314 g/mol. The normalized spacial score (nSPS) is 10.6. The molecular formula is C17H15ClN2O2. The zero-order chi connectivity index (χ0) is 15.5. The number of anilines is 1. The highest BCUT2D eigenvalue weighted by atomic mass is 35.5. The topological polar surface area (TPSA) is 54.1 Å². The number of H-pyrrole nitrogens is 1. The highest BCUT2D eigenvalue weighted by Crippen LogP contribution is 2.22. The maximum atomic E-state index is 12.1. The summed E-state index contributed by atoms with van der Waals surface area (Å²) < 4.78 is 5.21. The highest BCUT2D eigenvalue weighted by Gasteiger charge is 2.05. The number of hydrogen-bond donors (Lipinski definition) is 2. The SMILES string of the molecule is COc1ccc2[nH]c(=O)c(CNc3ccccc3Cl)cc2c1. The Hall–Kier alpha value is -2.46. The number of methoxy groups -OCH3 is 1. The number of pyridine rings is 1. The van der Waals surface area contributed by atoms with Crippen LogP contribution >= 0.6 is 11.6 Å². The second-order valence-corrected chi connectivity index (χ2v) is 5.32. The third-order valence-corrected chi connectivity index (χ3v) is 3.80. The van der Waals surface area contributed by atoms with Crippen molar-refractivity contribution in [1.82, 2.24) is 4.98 Å². The lowest BCUT2D eigenvalue weighted by atomic mass is 10.1. The lowest BCUT2D eigenvalue weighted by molar-refractivity contribution is 0.415. The van der Waals surface area contributed by atoms with Crippen LogP contribution in [0.5, 0.6) is 5.75 Å². The van der Waals surface area contributed by atoms with Gasteiger partial charge in [-0.25, -0.2) is 0 Å². The number of aromatic amines is 1. The molecule has 0 bridgehead atoms. The predicted octanol–water partition coefficient (Wildman–Crippen LogP) is 3.80. The summed E-state index contributed by atoms with van der Waals surface area (Å²) >= 11 is 6.10. The van der Waals surface area contributed by atoms with Gasteiger partial charge in [-0.2, -0.15) is 0 Å². The molecule has 0 saturated carbocycles. The lowest BCUT2D eigenvalue weighted by Gasteiger charge is -2.09. The standard InChI is InChI=1S/C17H15ClN2O2/c1-22-13-6-7-15-11(9-13)8-12(17(21)20-15)10-19-16-5-3-2-4-14(16)18/h2-9,19H,10H2,1H3,(H,20,21). The number of halogens is 1. The Kier molecular flexibility index (Phi) is 4.02. The summed E-state index contributed by atoms with van der Waals surface area (Å²) in [4.78, 5) is 15.0. The van der Waals surface area contributed by atoms with Gasteiger partial charge < -0.3 is 15.0 Å². The summed E-state index contributed by atoms with van der Waals surface area (Å²) in [6.07, 6.45) is 0. The van der Waals surface area contributed by atoms with Gasteiger partial charge in [-0.1, -0.05) is 23.7 Å². The molecule has 0 radical (unpaired) electrons. The number of aromatic nitrogens is 1. The van der Waals surface area contributed by atoms with Crippen LogP contribution in [0.4, 0.5) is 5.69 Å². The van der Waals surface area contributed by atoms with Crippen LogP contribution in [0.1, 0.15) is 5.56 Å². The highest BCUT2D eigenvalue weighted by molar-refractivity contribution is 6.33. The first-order valence-corrected chi connectivity index (χ1v) is 7.23. The number of fused-ring (bicyclic) bond motifs is 1. The van der Waals surface area contributed by atoms with Gasteiger partial charge in [0.1, 0.15) is 5.75 Å². The maximum Gasteiger partial charge on any atom is 0.253 e. The van der Waals surface area contributed by atoms with Gasteiger partial charge in [-0.05, 0) is 36.4 Å². The fourth-order valence-corrected chi connectivity index (χ4v) is 2.49. The molecule has 0 aliphatic rings. The van der Waals surface area contributed by atoms with Gasteiger partial charge >= 0.3 is 0 Å². The number of hydrogen-bond acceptors (Lipinski definition) is 3. The summed E-state index contributed by atoms with van der Waals surface area (Å²) in [7, 11) is 1.62. The van der Waals surface area contributed by atoms with Crippen LogP contribution in [0.3, 0.4) is 0 Å². The zero-order valence-electron chi connectivity index (χ0n) is 12.0. The first-order chi connectivity index (χ1) is 10.7. The zero-order valence-corrected chi connectivity index (χ0v) is 12.8. The van der Waals surface area contributed by atoms with Crippen LogP contribution < -0.4 is 15.6 Å². The van der Waals surface area contributed by atoms with Gasteiger partial charge in [0.15, 0.2) is 0 Å². The summed E-state index contributed by atoms with van der Waals surface area (Å²) in [5.41, 5.74) is 2.11. The van der Waals surface area contributed by atoms with Gasteiger partial charge in [-0.15, -0.1) is 0 Å². The average molecular weight is 315 g/mol. The molecule has 0 saturated heterocycles. The Balaban J connectivity index is 1.91. The fraction of sp³-hybridized carbons (Fsp3) is 0.118. The Morgan fingerprint density at radius 1 is 1.18 bits per heavy atom. The quantitative estimate of drug-likeness (QED) is 0.770. The van der Waals surface area contributed by atoms with Gasteiger partial charge in [0.2, 0.25) is 0 Å². The first kappa shape index (κ1) is 14.5. The van der Waals surface area contributed by atoms with Crippen LogP contribution in [0.2, 0.25) is 5.02 Å². The molecule has 0 atom stereocenters. The predicted molar refractivity (Wildman–Crippen MR) is 89.9 cm³/mol. The van der Waals surface area contributed by atoms with E-state index in [1.54, 1.807) is 13.2 Å². The second-order valence-electron chi connectivity index (χ2n) is 4.91. The summed E-state index contributed by atoms with van der Waals surface area (Å²) in [5, 5.41) is 4.73. The van der Waals surface area contributed by atoms with Crippen LogP contribution in [-0.2, 0) is 6.54 Å². The molecular weight excluding hydrogens is 300 g/mol. The van der Waals surface area contributed by atoms with Crippen molar-refractivity contribution in [3.63, 3.8) is 0 Å². The molecule has 0 spiro atoms. The maximum absolute atomic E-state index is 12.1. The van der Waals surface area contributed by atoms with E-state index >= 15 is 0 Å². The van der Waals surface area contributed by atoms with Crippen LogP contribution in [0, 0.1) is 0 Å². The molecule has 1 aromatic heterocycles. The number of para-hydroxylation sites is 1. The third kappa shape index (κ3) is 2.92. The van der Waals surface area contributed by atoms with Gasteiger partial charge in [-0.3, -0.25) is 4.79 Å². The molecule has 3 rings (SSSR count). The van der Waals surface area contributed by atoms with Crippen molar-refractivity contribution in [1.29, 1.82) is 0 Å². The van der Waals surface area contributed by atoms with Crippen LogP contribution in [-0.4, -0.2) is 12.1 Å². The van der Waals surface area contributed by atoms with E-state index in [-0.39, 0.29) is 5.56 Å². The van der Waals surface area contributed by atoms with E-state index in [1.165, 1.54) is 0 Å². The molecule has 3 aromatic rings. The van der Waals surface area contributed by atoms with Gasteiger partial charge in [0, 0.05) is 23.0 Å². The molecule has 0 aliphatic carbocycles. The minimum Gasteiger partial charge on any atom is -0.497 e. The smallest absolute Gasteiger partial charge is 0.253 e. The molecule has 5 heteroatoms. The number of nitrogens with one attached hydrogen (secondary N) is 2. The van der Waals surface area contributed by atoms with E-state index in [1.807, 2.05) is 42.5 Å². The molecule has 1 heterocycles. The fourth-order valence-electron chi connectivity index (χ4n) is 2.28. The van der Waals surface area contributed by atoms with Crippen LogP contribution in [0.15, 0.2) is 53.3 Å². The van der Waals surface area contributed by atoms with Crippen molar-refractivity contribution >= 4 is 28.2 Å². The van der Waals surface area contributed by atoms with Crippen molar-refractivity contribution in [2.75, 3.05) is 12.4 Å². The van der Waals surface area contributed by atoms with Crippen molar-refractivity contribution < 1.29 is 4.74 Å². The molecule has 2 N–H and O–H groups in total. The number of ether oxygens (including phenoxy) is 1. The van der Waals surface area contributed by atoms with E-state index in [2.05, 4.69) is 10.3 Å². The molecule has 112 valence electrons. The number of rotatable bonds is 4. The lowest BCUT2D eigenvalue weighted by Crippen LogP contribution is -2.15. The Morgan fingerprint density at radius 2 is 2.00 bits per heavy atom. The Bertz CT molecular complexity index is 874.